The van der Waals surface area contributed by atoms with E-state index in [4.69, 9.17) is 21.0 Å². The number of hydrogen-bond acceptors (Lipinski definition) is 3. The van der Waals surface area contributed by atoms with Gasteiger partial charge in [-0.2, -0.15) is 0 Å². The van der Waals surface area contributed by atoms with Crippen molar-refractivity contribution in [2.75, 3.05) is 0 Å². The first kappa shape index (κ1) is 16.0. The number of fused-ring (bicyclic) bond motifs is 1. The lowest BCUT2D eigenvalue weighted by Crippen LogP contribution is -2.34. The number of hydrogen-bond donors (Lipinski definition) is 3. The zero-order chi connectivity index (χ0) is 16.2. The smallest absolute Gasteiger partial charge is 0.300 e. The van der Waals surface area contributed by atoms with Crippen molar-refractivity contribution in [1.82, 2.24) is 9.55 Å². The van der Waals surface area contributed by atoms with Crippen LogP contribution in [-0.2, 0) is 10.3 Å². The van der Waals surface area contributed by atoms with E-state index in [0.29, 0.717) is 6.42 Å². The minimum Gasteiger partial charge on any atom is -0.481 e. The molecular weight excluding hydrogens is 280 g/mol. The minimum atomic E-state index is -0.833. The van der Waals surface area contributed by atoms with E-state index in [1.54, 1.807) is 0 Å². The fourth-order valence-corrected chi connectivity index (χ4v) is 3.24. The van der Waals surface area contributed by atoms with Gasteiger partial charge in [0.25, 0.3) is 5.97 Å². The average Bonchev–Trinajstić information content (AvgIpc) is 3.04. The van der Waals surface area contributed by atoms with Crippen molar-refractivity contribution in [3.63, 3.8) is 0 Å². The van der Waals surface area contributed by atoms with Gasteiger partial charge in [-0.3, -0.25) is 10.2 Å². The number of nitrogens with two attached hydrogens (primary N) is 1. The van der Waals surface area contributed by atoms with Crippen LogP contribution >= 0.6 is 0 Å². The second-order valence-corrected chi connectivity index (χ2v) is 5.75. The predicted octanol–water partition coefficient (Wildman–Crippen LogP) is 2.72. The molecule has 0 aromatic carbocycles. The van der Waals surface area contributed by atoms with Crippen molar-refractivity contribution in [3.05, 3.63) is 30.6 Å². The number of amidine groups is 1. The van der Waals surface area contributed by atoms with Gasteiger partial charge < -0.3 is 15.4 Å². The first-order chi connectivity index (χ1) is 10.4. The van der Waals surface area contributed by atoms with Crippen molar-refractivity contribution in [2.24, 2.45) is 5.73 Å². The molecule has 0 amide bonds. The SMILES string of the molecule is CC(=O)O.N=C(N)CC1(n2ccc3cccnc32)CCCC1. The third kappa shape index (κ3) is 3.44. The molecule has 0 radical (unpaired) electrons. The molecule has 0 unspecified atom stereocenters. The molecule has 6 heteroatoms. The molecule has 1 aliphatic carbocycles. The Balaban J connectivity index is 0.000000396. The summed E-state index contributed by atoms with van der Waals surface area (Å²) in [5.74, 6) is -0.560. The molecule has 0 atom stereocenters. The van der Waals surface area contributed by atoms with Crippen molar-refractivity contribution in [3.8, 4) is 0 Å². The summed E-state index contributed by atoms with van der Waals surface area (Å²) in [5, 5.41) is 16.2. The first-order valence-corrected chi connectivity index (χ1v) is 7.40. The zero-order valence-electron chi connectivity index (χ0n) is 12.7. The molecule has 0 bridgehead atoms. The predicted molar refractivity (Wildman–Crippen MR) is 86.0 cm³/mol. The number of nitrogens with one attached hydrogen (secondary N) is 1. The van der Waals surface area contributed by atoms with Crippen LogP contribution in [0, 0.1) is 5.41 Å². The van der Waals surface area contributed by atoms with Crippen LogP contribution in [0.5, 0.6) is 0 Å². The van der Waals surface area contributed by atoms with Gasteiger partial charge in [0.05, 0.1) is 11.4 Å². The highest BCUT2D eigenvalue weighted by Gasteiger charge is 2.37. The fourth-order valence-electron chi connectivity index (χ4n) is 3.24. The van der Waals surface area contributed by atoms with E-state index in [0.717, 1.165) is 30.8 Å². The second-order valence-electron chi connectivity index (χ2n) is 5.75. The number of aliphatic carboxylic acids is 1. The lowest BCUT2D eigenvalue weighted by Gasteiger charge is -2.31. The molecule has 0 aliphatic heterocycles. The number of carboxylic acids is 1. The lowest BCUT2D eigenvalue weighted by molar-refractivity contribution is -0.134. The largest absolute Gasteiger partial charge is 0.481 e. The van der Waals surface area contributed by atoms with Crippen LogP contribution < -0.4 is 5.73 Å². The quantitative estimate of drug-likeness (QED) is 0.598. The van der Waals surface area contributed by atoms with Crippen LogP contribution in [0.2, 0.25) is 0 Å². The van der Waals surface area contributed by atoms with Gasteiger partial charge in [-0.15, -0.1) is 0 Å². The number of pyridine rings is 1. The van der Waals surface area contributed by atoms with Crippen LogP contribution in [0.4, 0.5) is 0 Å². The van der Waals surface area contributed by atoms with Crippen LogP contribution in [0.15, 0.2) is 30.6 Å². The Morgan fingerprint density at radius 3 is 2.68 bits per heavy atom. The number of carbonyl (C=O) groups is 1. The van der Waals surface area contributed by atoms with Gasteiger partial charge in [-0.05, 0) is 31.0 Å². The van der Waals surface area contributed by atoms with Crippen molar-refractivity contribution in [1.29, 1.82) is 5.41 Å². The van der Waals surface area contributed by atoms with E-state index in [9.17, 15) is 0 Å². The van der Waals surface area contributed by atoms with Gasteiger partial charge in [-0.25, -0.2) is 4.98 Å². The Morgan fingerprint density at radius 2 is 2.09 bits per heavy atom. The van der Waals surface area contributed by atoms with E-state index in [2.05, 4.69) is 27.9 Å². The summed E-state index contributed by atoms with van der Waals surface area (Å²) in [6, 6.07) is 6.14. The van der Waals surface area contributed by atoms with Gasteiger partial charge in [-0.1, -0.05) is 12.8 Å². The summed E-state index contributed by atoms with van der Waals surface area (Å²) in [7, 11) is 0. The summed E-state index contributed by atoms with van der Waals surface area (Å²) in [6.07, 6.45) is 9.16. The molecule has 1 fully saturated rings. The number of carboxylic acid groups (broad SMARTS) is 1. The van der Waals surface area contributed by atoms with Gasteiger partial charge in [0.15, 0.2) is 0 Å². The van der Waals surface area contributed by atoms with Crippen molar-refractivity contribution < 1.29 is 9.90 Å². The molecule has 6 nitrogen and oxygen atoms in total. The molecule has 2 aromatic heterocycles. The highest BCUT2D eigenvalue weighted by Crippen LogP contribution is 2.41. The van der Waals surface area contributed by atoms with E-state index in [1.807, 2.05) is 12.3 Å². The molecule has 0 spiro atoms. The van der Waals surface area contributed by atoms with Crippen LogP contribution in [0.25, 0.3) is 11.0 Å². The van der Waals surface area contributed by atoms with Crippen LogP contribution in [-0.4, -0.2) is 26.5 Å². The maximum absolute atomic E-state index is 9.00. The summed E-state index contributed by atoms with van der Waals surface area (Å²) in [6.45, 7) is 1.08. The minimum absolute atomic E-state index is 0.0259. The number of aromatic nitrogens is 2. The van der Waals surface area contributed by atoms with Crippen LogP contribution in [0.3, 0.4) is 0 Å². The third-order valence-corrected chi connectivity index (χ3v) is 4.01. The van der Waals surface area contributed by atoms with Crippen LogP contribution in [0.1, 0.15) is 39.0 Å². The van der Waals surface area contributed by atoms with E-state index < -0.39 is 5.97 Å². The molecule has 4 N–H and O–H groups in total. The Bertz CT molecular complexity index is 668. The average molecular weight is 302 g/mol. The van der Waals surface area contributed by atoms with E-state index in [1.165, 1.54) is 12.8 Å². The van der Waals surface area contributed by atoms with Gasteiger partial charge in [0.1, 0.15) is 5.65 Å². The summed E-state index contributed by atoms with van der Waals surface area (Å²) in [5.41, 5.74) is 6.65. The zero-order valence-corrected chi connectivity index (χ0v) is 12.7. The molecule has 2 aromatic rings. The standard InChI is InChI=1S/C14H18N4.C2H4O2/c15-12(16)10-14(6-1-2-7-14)18-9-5-11-4-3-8-17-13(11)18;1-2(3)4/h3-5,8-9H,1-2,6-7,10H2,(H3,15,16);1H3,(H,3,4). The second kappa shape index (κ2) is 6.60. The summed E-state index contributed by atoms with van der Waals surface area (Å²) >= 11 is 0. The third-order valence-electron chi connectivity index (χ3n) is 4.01. The van der Waals surface area contributed by atoms with Gasteiger partial charge in [0, 0.05) is 31.1 Å². The number of rotatable bonds is 3. The molecule has 2 heterocycles. The van der Waals surface area contributed by atoms with Gasteiger partial charge >= 0.3 is 0 Å². The maximum Gasteiger partial charge on any atom is 0.300 e. The molecule has 3 rings (SSSR count). The molecule has 118 valence electrons. The molecule has 0 saturated heterocycles. The molecule has 22 heavy (non-hydrogen) atoms. The molecule has 1 saturated carbocycles. The normalized spacial score (nSPS) is 16.0. The highest BCUT2D eigenvalue weighted by molar-refractivity contribution is 5.79. The summed E-state index contributed by atoms with van der Waals surface area (Å²) < 4.78 is 2.25. The monoisotopic (exact) mass is 302 g/mol. The first-order valence-electron chi connectivity index (χ1n) is 7.40. The van der Waals surface area contributed by atoms with E-state index in [-0.39, 0.29) is 11.4 Å². The Kier molecular flexibility index (Phi) is 4.80. The lowest BCUT2D eigenvalue weighted by atomic mass is 9.92. The van der Waals surface area contributed by atoms with Crippen molar-refractivity contribution in [2.45, 2.75) is 44.6 Å². The fraction of sp³-hybridized carbons (Fsp3) is 0.438. The maximum atomic E-state index is 9.00. The topological polar surface area (TPSA) is 105 Å². The Labute approximate surface area is 129 Å². The number of nitrogens with zero attached hydrogens (tertiary/aromatic N) is 2. The Hall–Kier alpha value is -2.37. The highest BCUT2D eigenvalue weighted by atomic mass is 16.4. The summed E-state index contributed by atoms with van der Waals surface area (Å²) in [4.78, 5) is 13.5. The molecular formula is C16H22N4O2. The van der Waals surface area contributed by atoms with Crippen molar-refractivity contribution >= 4 is 22.8 Å². The molecule has 1 aliphatic rings. The Morgan fingerprint density at radius 1 is 1.45 bits per heavy atom. The van der Waals surface area contributed by atoms with E-state index >= 15 is 0 Å². The van der Waals surface area contributed by atoms with Gasteiger partial charge in [0.2, 0.25) is 0 Å².